The van der Waals surface area contributed by atoms with Crippen molar-refractivity contribution in [2.75, 3.05) is 0 Å². The van der Waals surface area contributed by atoms with E-state index in [0.29, 0.717) is 18.3 Å². The summed E-state index contributed by atoms with van der Waals surface area (Å²) >= 11 is 6.19. The van der Waals surface area contributed by atoms with Crippen LogP contribution in [-0.4, -0.2) is 23.3 Å². The lowest BCUT2D eigenvalue weighted by molar-refractivity contribution is -0.156. The topological polar surface area (TPSA) is 46.5 Å². The third-order valence-corrected chi connectivity index (χ3v) is 8.68. The number of esters is 1. The van der Waals surface area contributed by atoms with Gasteiger partial charge in [-0.1, -0.05) is 51.4 Å². The van der Waals surface area contributed by atoms with Crippen LogP contribution in [0, 0.1) is 28.5 Å². The van der Waals surface area contributed by atoms with Crippen molar-refractivity contribution in [2.45, 2.75) is 78.4 Å². The Bertz CT molecular complexity index is 966. The summed E-state index contributed by atoms with van der Waals surface area (Å²) in [5, 5.41) is 10.2. The Kier molecular flexibility index (Phi) is 6.32. The van der Waals surface area contributed by atoms with Crippen LogP contribution in [0.4, 0.5) is 4.39 Å². The van der Waals surface area contributed by atoms with E-state index in [1.807, 2.05) is 12.1 Å². The minimum atomic E-state index is -0.666. The Hall–Kier alpha value is -1.65. The van der Waals surface area contributed by atoms with Crippen LogP contribution in [0.3, 0.4) is 0 Å². The van der Waals surface area contributed by atoms with Gasteiger partial charge in [-0.25, -0.2) is 4.39 Å². The van der Waals surface area contributed by atoms with Crippen molar-refractivity contribution < 1.29 is 19.0 Å². The second-order valence-electron chi connectivity index (χ2n) is 10.7. The monoisotopic (exact) mass is 460 g/mol. The molecule has 0 spiro atoms. The van der Waals surface area contributed by atoms with Crippen molar-refractivity contribution in [3.63, 3.8) is 0 Å². The van der Waals surface area contributed by atoms with E-state index in [1.54, 1.807) is 6.07 Å². The Morgan fingerprint density at radius 2 is 1.97 bits per heavy atom. The number of allylic oxidation sites excluding steroid dienone is 3. The summed E-state index contributed by atoms with van der Waals surface area (Å²) in [6.07, 6.45) is 7.75. The molecule has 4 atom stereocenters. The molecule has 2 aliphatic carbocycles. The predicted octanol–water partition coefficient (Wildman–Crippen LogP) is 6.73. The van der Waals surface area contributed by atoms with Gasteiger partial charge in [0.05, 0.1) is 17.5 Å². The lowest BCUT2D eigenvalue weighted by atomic mass is 9.58. The number of carbonyl (C=O) groups is 1. The minimum Gasteiger partial charge on any atom is -0.458 e. The largest absolute Gasteiger partial charge is 0.458 e. The SMILES string of the molecule is CC(C)[C@]12CC[C@@](C(C)C)(C1)C(/C=C/C1CC(O)CC(=O)O1)=C(c1ccc(F)c(Cl)c1)C2. The minimum absolute atomic E-state index is 0.00646. The molecule has 1 saturated heterocycles. The van der Waals surface area contributed by atoms with Crippen LogP contribution in [0.15, 0.2) is 35.9 Å². The Morgan fingerprint density at radius 3 is 2.59 bits per heavy atom. The average Bonchev–Trinajstić information content (AvgIpc) is 3.05. The van der Waals surface area contributed by atoms with Crippen molar-refractivity contribution in [1.82, 2.24) is 0 Å². The maximum absolute atomic E-state index is 14.0. The van der Waals surface area contributed by atoms with Crippen molar-refractivity contribution in [3.05, 3.63) is 52.3 Å². The molecular formula is C27H34ClFO3. The molecule has 2 unspecified atom stereocenters. The highest BCUT2D eigenvalue weighted by molar-refractivity contribution is 6.30. The molecule has 3 aliphatic rings. The summed E-state index contributed by atoms with van der Waals surface area (Å²) < 4.78 is 19.4. The fourth-order valence-electron chi connectivity index (χ4n) is 6.24. The molecule has 1 aromatic carbocycles. The molecule has 0 radical (unpaired) electrons. The second-order valence-corrected chi connectivity index (χ2v) is 11.1. The Labute approximate surface area is 195 Å². The number of aliphatic hydroxyl groups excluding tert-OH is 1. The van der Waals surface area contributed by atoms with Crippen molar-refractivity contribution in [1.29, 1.82) is 0 Å². The maximum Gasteiger partial charge on any atom is 0.309 e. The van der Waals surface area contributed by atoms with Crippen LogP contribution < -0.4 is 0 Å². The predicted molar refractivity (Wildman–Crippen MR) is 126 cm³/mol. The summed E-state index contributed by atoms with van der Waals surface area (Å²) in [5.41, 5.74) is 3.66. The molecule has 1 heterocycles. The van der Waals surface area contributed by atoms with Crippen LogP contribution >= 0.6 is 11.6 Å². The Balaban J connectivity index is 1.85. The van der Waals surface area contributed by atoms with Crippen molar-refractivity contribution in [2.24, 2.45) is 22.7 Å². The van der Waals surface area contributed by atoms with Crippen molar-refractivity contribution in [3.8, 4) is 0 Å². The van der Waals surface area contributed by atoms with E-state index < -0.39 is 18.0 Å². The molecule has 1 aromatic rings. The molecule has 0 amide bonds. The molecule has 2 bridgehead atoms. The van der Waals surface area contributed by atoms with E-state index in [9.17, 15) is 14.3 Å². The molecule has 3 nitrogen and oxygen atoms in total. The van der Waals surface area contributed by atoms with E-state index in [1.165, 1.54) is 17.2 Å². The zero-order chi connectivity index (χ0) is 23.3. The van der Waals surface area contributed by atoms with Crippen LogP contribution in [0.1, 0.15) is 71.8 Å². The number of ether oxygens (including phenoxy) is 1. The third-order valence-electron chi connectivity index (χ3n) is 8.39. The van der Waals surface area contributed by atoms with Gasteiger partial charge in [0.1, 0.15) is 11.9 Å². The molecule has 4 rings (SSSR count). The quantitative estimate of drug-likeness (QED) is 0.495. The van der Waals surface area contributed by atoms with Gasteiger partial charge in [-0.05, 0) is 83.3 Å². The average molecular weight is 461 g/mol. The number of benzene rings is 1. The highest BCUT2D eigenvalue weighted by Gasteiger charge is 2.56. The highest BCUT2D eigenvalue weighted by atomic mass is 35.5. The first-order chi connectivity index (χ1) is 15.1. The fourth-order valence-corrected chi connectivity index (χ4v) is 6.43. The fraction of sp³-hybridized carbons (Fsp3) is 0.593. The molecule has 32 heavy (non-hydrogen) atoms. The van der Waals surface area contributed by atoms with Crippen LogP contribution in [-0.2, 0) is 9.53 Å². The molecule has 0 aromatic heterocycles. The molecule has 5 heteroatoms. The standard InChI is InChI=1S/C27H34ClFO3/c1-16(2)26-9-10-27(15-26,17(3)4)22(7-6-20-12-19(30)13-25(31)32-20)21(14-26)18-5-8-24(29)23(28)11-18/h5-8,11,16-17,19-20,30H,9-10,12-15H2,1-4H3/b7-6+/t19?,20?,26-,27-/m0/s1. The van der Waals surface area contributed by atoms with Crippen LogP contribution in [0.5, 0.6) is 0 Å². The molecule has 1 saturated carbocycles. The summed E-state index contributed by atoms with van der Waals surface area (Å²) in [4.78, 5) is 11.8. The summed E-state index contributed by atoms with van der Waals surface area (Å²) in [6.45, 7) is 9.20. The smallest absolute Gasteiger partial charge is 0.309 e. The van der Waals surface area contributed by atoms with Crippen LogP contribution in [0.2, 0.25) is 5.02 Å². The van der Waals surface area contributed by atoms with Gasteiger partial charge < -0.3 is 9.84 Å². The lowest BCUT2D eigenvalue weighted by Crippen LogP contribution is -2.36. The van der Waals surface area contributed by atoms with E-state index in [2.05, 4.69) is 33.8 Å². The first kappa shape index (κ1) is 23.5. The van der Waals surface area contributed by atoms with E-state index in [0.717, 1.165) is 31.2 Å². The number of rotatable bonds is 5. The van der Waals surface area contributed by atoms with E-state index in [4.69, 9.17) is 16.3 Å². The third kappa shape index (κ3) is 4.05. The lowest BCUT2D eigenvalue weighted by Gasteiger charge is -2.46. The molecule has 2 fully saturated rings. The molecular weight excluding hydrogens is 427 g/mol. The summed E-state index contributed by atoms with van der Waals surface area (Å²) in [7, 11) is 0. The number of fused-ring (bicyclic) bond motifs is 2. The highest BCUT2D eigenvalue weighted by Crippen LogP contribution is 2.67. The molecule has 1 N–H and O–H groups in total. The number of hydrogen-bond acceptors (Lipinski definition) is 3. The van der Waals surface area contributed by atoms with Crippen molar-refractivity contribution >= 4 is 23.1 Å². The summed E-state index contributed by atoms with van der Waals surface area (Å²) in [5.74, 6) is 0.189. The second kappa shape index (κ2) is 8.61. The zero-order valence-electron chi connectivity index (χ0n) is 19.5. The molecule has 174 valence electrons. The van der Waals surface area contributed by atoms with Gasteiger partial charge in [0.2, 0.25) is 0 Å². The number of aliphatic hydroxyl groups is 1. The van der Waals surface area contributed by atoms with Crippen LogP contribution in [0.25, 0.3) is 5.57 Å². The van der Waals surface area contributed by atoms with Gasteiger partial charge >= 0.3 is 5.97 Å². The number of carbonyl (C=O) groups excluding carboxylic acids is 1. The first-order valence-electron chi connectivity index (χ1n) is 11.8. The van der Waals surface area contributed by atoms with E-state index >= 15 is 0 Å². The van der Waals surface area contributed by atoms with Gasteiger partial charge in [0.15, 0.2) is 0 Å². The number of halogens is 2. The molecule has 1 aliphatic heterocycles. The van der Waals surface area contributed by atoms with Gasteiger partial charge in [0.25, 0.3) is 0 Å². The zero-order valence-corrected chi connectivity index (χ0v) is 20.2. The first-order valence-corrected chi connectivity index (χ1v) is 12.2. The number of hydrogen-bond donors (Lipinski definition) is 1. The van der Waals surface area contributed by atoms with Gasteiger partial charge in [0, 0.05) is 6.42 Å². The van der Waals surface area contributed by atoms with Gasteiger partial charge in [-0.15, -0.1) is 0 Å². The number of cyclic esters (lactones) is 1. The van der Waals surface area contributed by atoms with Gasteiger partial charge in [-0.3, -0.25) is 4.79 Å². The summed E-state index contributed by atoms with van der Waals surface area (Å²) in [6, 6.07) is 5.03. The maximum atomic E-state index is 14.0. The van der Waals surface area contributed by atoms with Gasteiger partial charge in [-0.2, -0.15) is 0 Å². The Morgan fingerprint density at radius 1 is 1.22 bits per heavy atom. The normalized spacial score (nSPS) is 33.0. The van der Waals surface area contributed by atoms with E-state index in [-0.39, 0.29) is 28.2 Å².